The average molecular weight is 845 g/mol. The summed E-state index contributed by atoms with van der Waals surface area (Å²) in [7, 11) is -1.82. The zero-order valence-corrected chi connectivity index (χ0v) is 41.3. The summed E-state index contributed by atoms with van der Waals surface area (Å²) in [5, 5.41) is 6.11. The third-order valence-corrected chi connectivity index (χ3v) is 19.7. The largest absolute Gasteiger partial charge is 0.0622 e. The molecule has 61 heavy (non-hydrogen) atoms. The van der Waals surface area contributed by atoms with Crippen LogP contribution in [-0.4, -0.2) is 0 Å². The molecule has 0 aliphatic carbocycles. The Morgan fingerprint density at radius 3 is 0.738 bits per heavy atom. The maximum atomic E-state index is 2.74. The highest BCUT2D eigenvalue weighted by atomic mass is 31.1. The molecule has 0 spiro atoms. The van der Waals surface area contributed by atoms with E-state index in [1.807, 2.05) is 0 Å². The Bertz CT molecular complexity index is 1960. The molecule has 6 aromatic carbocycles. The van der Waals surface area contributed by atoms with Crippen molar-refractivity contribution in [1.82, 2.24) is 0 Å². The van der Waals surface area contributed by atoms with Crippen molar-refractivity contribution >= 4 is 37.1 Å². The van der Waals surface area contributed by atoms with Crippen molar-refractivity contribution in [2.45, 2.75) is 139 Å². The van der Waals surface area contributed by atoms with Crippen LogP contribution in [0.15, 0.2) is 133 Å². The van der Waals surface area contributed by atoms with Crippen LogP contribution < -0.4 is 21.2 Å². The van der Waals surface area contributed by atoms with Gasteiger partial charge in [0, 0.05) is 11.3 Å². The second-order valence-corrected chi connectivity index (χ2v) is 22.3. The molecular formula is C59H74P2. The molecule has 0 radical (unpaired) electrons. The van der Waals surface area contributed by atoms with E-state index in [0.29, 0.717) is 5.92 Å². The zero-order chi connectivity index (χ0) is 43.7. The zero-order valence-electron chi connectivity index (χ0n) is 39.5. The summed E-state index contributed by atoms with van der Waals surface area (Å²) in [6.45, 7) is 26.6. The number of hydrogen-bond acceptors (Lipinski definition) is 0. The first-order valence-corrected chi connectivity index (χ1v) is 26.6. The predicted molar refractivity (Wildman–Crippen MR) is 274 cm³/mol. The molecular weight excluding hydrogens is 771 g/mol. The summed E-state index contributed by atoms with van der Waals surface area (Å²) in [4.78, 5) is 0. The fourth-order valence-electron chi connectivity index (χ4n) is 9.68. The molecule has 0 heterocycles. The van der Waals surface area contributed by atoms with E-state index in [1.165, 1.54) is 76.9 Å². The van der Waals surface area contributed by atoms with E-state index in [1.54, 1.807) is 0 Å². The highest BCUT2D eigenvalue weighted by Gasteiger charge is 2.52. The molecule has 0 fully saturated rings. The lowest BCUT2D eigenvalue weighted by molar-refractivity contribution is 0.200. The normalized spacial score (nSPS) is 13.8. The summed E-state index contributed by atoms with van der Waals surface area (Å²) < 4.78 is 0. The van der Waals surface area contributed by atoms with Crippen LogP contribution in [0.5, 0.6) is 0 Å². The second-order valence-electron chi connectivity index (χ2n) is 17.7. The second kappa shape index (κ2) is 21.5. The number of hydrogen-bond donors (Lipinski definition) is 0. The molecule has 0 nitrogen and oxygen atoms in total. The Balaban J connectivity index is 1.82. The van der Waals surface area contributed by atoms with Crippen LogP contribution in [0.25, 0.3) is 0 Å². The number of rotatable bonds is 19. The molecule has 6 rings (SSSR count). The molecule has 2 heteroatoms. The Kier molecular flexibility index (Phi) is 16.5. The van der Waals surface area contributed by atoms with Crippen molar-refractivity contribution in [3.63, 3.8) is 0 Å². The quantitative estimate of drug-likeness (QED) is 0.0713. The van der Waals surface area contributed by atoms with E-state index in [2.05, 4.69) is 210 Å². The highest BCUT2D eigenvalue weighted by Crippen LogP contribution is 2.71. The van der Waals surface area contributed by atoms with E-state index in [4.69, 9.17) is 0 Å². The molecule has 2 atom stereocenters. The fourth-order valence-corrected chi connectivity index (χ4v) is 17.0. The van der Waals surface area contributed by atoms with Gasteiger partial charge in [-0.25, -0.2) is 0 Å². The molecule has 2 unspecified atom stereocenters. The maximum Gasteiger partial charge on any atom is 0.0188 e. The van der Waals surface area contributed by atoms with Crippen LogP contribution in [-0.2, 0) is 51.4 Å². The predicted octanol–water partition coefficient (Wildman–Crippen LogP) is 14.9. The van der Waals surface area contributed by atoms with Crippen molar-refractivity contribution in [3.05, 3.63) is 189 Å². The minimum atomic E-state index is -0.911. The first-order valence-electron chi connectivity index (χ1n) is 23.7. The lowest BCUT2D eigenvalue weighted by Crippen LogP contribution is -2.41. The Morgan fingerprint density at radius 1 is 0.344 bits per heavy atom. The maximum absolute atomic E-state index is 2.74. The van der Waals surface area contributed by atoms with Crippen molar-refractivity contribution in [2.75, 3.05) is 0 Å². The lowest BCUT2D eigenvalue weighted by Gasteiger charge is -2.53. The first-order chi connectivity index (χ1) is 29.5. The van der Waals surface area contributed by atoms with Gasteiger partial charge < -0.3 is 0 Å². The van der Waals surface area contributed by atoms with E-state index in [9.17, 15) is 0 Å². The Morgan fingerprint density at radius 2 is 0.557 bits per heavy atom. The summed E-state index contributed by atoms with van der Waals surface area (Å²) >= 11 is 0. The Hall–Kier alpha value is -3.82. The molecule has 0 bridgehead atoms. The highest BCUT2D eigenvalue weighted by molar-refractivity contribution is 7.74. The van der Waals surface area contributed by atoms with Gasteiger partial charge in [-0.3, -0.25) is 0 Å². The lowest BCUT2D eigenvalue weighted by atomic mass is 9.69. The summed E-state index contributed by atoms with van der Waals surface area (Å²) in [6.07, 6.45) is 8.30. The average Bonchev–Trinajstić information content (AvgIpc) is 3.31. The monoisotopic (exact) mass is 845 g/mol. The molecule has 0 saturated carbocycles. The smallest absolute Gasteiger partial charge is 0.0188 e. The van der Waals surface area contributed by atoms with E-state index in [0.717, 1.165) is 51.4 Å². The third kappa shape index (κ3) is 10.4. The number of benzene rings is 6. The molecule has 0 amide bonds. The molecule has 0 saturated heterocycles. The molecule has 0 aliphatic heterocycles. The first kappa shape index (κ1) is 46.7. The van der Waals surface area contributed by atoms with Crippen molar-refractivity contribution in [2.24, 2.45) is 11.3 Å². The van der Waals surface area contributed by atoms with Gasteiger partial charge in [0.2, 0.25) is 0 Å². The van der Waals surface area contributed by atoms with Crippen LogP contribution in [0.4, 0.5) is 0 Å². The minimum absolute atomic E-state index is 0.202. The SMILES string of the molecule is CCc1cc(CC)cc(P(c2cc(CC)cc(CC)c2)C(c2ccccc2)C(C)(C(C)C)C(c2ccccc2)P(c2cc(CC)cc(CC)c2)c2cc(CC)cc(CC)c2)c1. The van der Waals surface area contributed by atoms with Gasteiger partial charge in [0.15, 0.2) is 0 Å². The van der Waals surface area contributed by atoms with Crippen LogP contribution in [0.3, 0.4) is 0 Å². The van der Waals surface area contributed by atoms with E-state index < -0.39 is 15.8 Å². The van der Waals surface area contributed by atoms with Crippen LogP contribution in [0.1, 0.15) is 143 Å². The summed E-state index contributed by atoms with van der Waals surface area (Å²) in [5.41, 5.74) is 14.8. The number of aryl methyl sites for hydroxylation is 8. The summed E-state index contributed by atoms with van der Waals surface area (Å²) in [5.74, 6) is 0.345. The van der Waals surface area contributed by atoms with Crippen LogP contribution >= 0.6 is 15.8 Å². The van der Waals surface area contributed by atoms with Crippen LogP contribution in [0.2, 0.25) is 0 Å². The van der Waals surface area contributed by atoms with Gasteiger partial charge in [-0.2, -0.15) is 0 Å². The minimum Gasteiger partial charge on any atom is -0.0622 e. The van der Waals surface area contributed by atoms with Gasteiger partial charge in [-0.1, -0.05) is 210 Å². The van der Waals surface area contributed by atoms with Gasteiger partial charge in [0.05, 0.1) is 0 Å². The third-order valence-electron chi connectivity index (χ3n) is 13.7. The summed E-state index contributed by atoms with van der Waals surface area (Å²) in [6, 6.07) is 54.4. The van der Waals surface area contributed by atoms with Gasteiger partial charge in [-0.15, -0.1) is 0 Å². The van der Waals surface area contributed by atoms with Gasteiger partial charge >= 0.3 is 0 Å². The van der Waals surface area contributed by atoms with Crippen molar-refractivity contribution in [1.29, 1.82) is 0 Å². The molecule has 0 aliphatic rings. The topological polar surface area (TPSA) is 0 Å². The molecule has 320 valence electrons. The Labute approximate surface area is 374 Å². The molecule has 0 N–H and O–H groups in total. The fraction of sp³-hybridized carbons (Fsp3) is 0.390. The van der Waals surface area contributed by atoms with Gasteiger partial charge in [-0.05, 0) is 155 Å². The molecule has 6 aromatic rings. The van der Waals surface area contributed by atoms with Crippen molar-refractivity contribution in [3.8, 4) is 0 Å². The van der Waals surface area contributed by atoms with E-state index >= 15 is 0 Å². The van der Waals surface area contributed by atoms with Crippen LogP contribution in [0, 0.1) is 11.3 Å². The molecule has 0 aromatic heterocycles. The van der Waals surface area contributed by atoms with E-state index in [-0.39, 0.29) is 16.7 Å². The van der Waals surface area contributed by atoms with Crippen molar-refractivity contribution < 1.29 is 0 Å². The standard InChI is InChI=1S/C59H74P2/c1-12-43-30-44(13-2)35-53(34-43)60(54-36-45(14-3)31-46(15-4)37-54)57(51-26-22-20-23-27-51)59(11,42(9)10)58(52-28-24-21-25-29-52)61(55-38-47(16-5)32-48(17-6)39-55)56-40-49(18-7)33-50(19-8)41-56/h20-42,57-58H,12-19H2,1-11H3. The van der Waals surface area contributed by atoms with Gasteiger partial charge in [0.1, 0.15) is 0 Å². The van der Waals surface area contributed by atoms with Gasteiger partial charge in [0.25, 0.3) is 0 Å².